The Kier molecular flexibility index (Phi) is 4.31. The second-order valence-corrected chi connectivity index (χ2v) is 8.15. The van der Waals surface area contributed by atoms with Gasteiger partial charge in [0.05, 0.1) is 8.66 Å². The lowest BCUT2D eigenvalue weighted by Crippen LogP contribution is -2.43. The molecule has 0 bridgehead atoms. The van der Waals surface area contributed by atoms with Crippen LogP contribution in [0.2, 0.25) is 0 Å². The number of halogens is 2. The van der Waals surface area contributed by atoms with E-state index in [1.165, 1.54) is 11.3 Å². The summed E-state index contributed by atoms with van der Waals surface area (Å²) in [5.41, 5.74) is 1.14. The summed E-state index contributed by atoms with van der Waals surface area (Å²) < 4.78 is 1.06. The molecule has 1 amide bonds. The minimum atomic E-state index is 0.176. The van der Waals surface area contributed by atoms with Crippen molar-refractivity contribution in [2.45, 2.75) is 25.1 Å². The van der Waals surface area contributed by atoms with Gasteiger partial charge in [0, 0.05) is 17.9 Å². The summed E-state index contributed by atoms with van der Waals surface area (Å²) in [5, 5.41) is 0. The van der Waals surface area contributed by atoms with Crippen LogP contribution in [0.25, 0.3) is 0 Å². The maximum absolute atomic E-state index is 12.3. The maximum Gasteiger partial charge on any atom is 0.263 e. The molecule has 94 valence electrons. The third kappa shape index (κ3) is 2.93. The molecule has 2 atom stereocenters. The largest absolute Gasteiger partial charge is 0.338 e. The first kappa shape index (κ1) is 13.6. The molecule has 0 aliphatic carbocycles. The van der Waals surface area contributed by atoms with E-state index in [4.69, 9.17) is 0 Å². The van der Waals surface area contributed by atoms with Crippen LogP contribution in [0.15, 0.2) is 9.85 Å². The predicted molar refractivity (Wildman–Crippen MR) is 79.2 cm³/mol. The number of piperidine rings is 1. The second-order valence-electron chi connectivity index (χ2n) is 4.60. The quantitative estimate of drug-likeness (QED) is 0.672. The number of amides is 1. The number of rotatable bonds is 1. The highest BCUT2D eigenvalue weighted by Gasteiger charge is 2.28. The molecule has 0 radical (unpaired) electrons. The van der Waals surface area contributed by atoms with Crippen molar-refractivity contribution in [2.24, 2.45) is 5.92 Å². The number of hydrogen-bond acceptors (Lipinski definition) is 2. The third-order valence-corrected chi connectivity index (χ3v) is 6.64. The van der Waals surface area contributed by atoms with E-state index in [2.05, 4.69) is 38.8 Å². The molecule has 1 saturated heterocycles. The maximum atomic E-state index is 12.3. The van der Waals surface area contributed by atoms with Gasteiger partial charge in [-0.05, 0) is 46.8 Å². The van der Waals surface area contributed by atoms with Crippen LogP contribution in [0.5, 0.6) is 0 Å². The van der Waals surface area contributed by atoms with E-state index < -0.39 is 0 Å². The monoisotopic (exact) mass is 379 g/mol. The Balaban J connectivity index is 2.10. The fraction of sp³-hybridized carbons (Fsp3) is 0.583. The van der Waals surface area contributed by atoms with E-state index in [1.54, 1.807) is 0 Å². The van der Waals surface area contributed by atoms with E-state index in [-0.39, 0.29) is 5.91 Å². The van der Waals surface area contributed by atoms with Crippen LogP contribution in [0.4, 0.5) is 0 Å². The zero-order valence-electron chi connectivity index (χ0n) is 9.87. The number of hydrogen-bond donors (Lipinski definition) is 0. The highest BCUT2D eigenvalue weighted by atomic mass is 79.9. The Morgan fingerprint density at radius 1 is 1.59 bits per heavy atom. The van der Waals surface area contributed by atoms with E-state index in [0.717, 1.165) is 33.7 Å². The Morgan fingerprint density at radius 2 is 2.29 bits per heavy atom. The number of carbonyl (C=O) groups excluding carboxylic acids is 1. The van der Waals surface area contributed by atoms with Crippen molar-refractivity contribution in [3.63, 3.8) is 0 Å². The summed E-state index contributed by atoms with van der Waals surface area (Å²) in [6.07, 6.45) is 1.04. The molecule has 1 aliphatic rings. The SMILES string of the molecule is Cc1cc(C(=O)N2CCC(Br)C(C)C2)sc1Br. The summed E-state index contributed by atoms with van der Waals surface area (Å²) >= 11 is 8.66. The second kappa shape index (κ2) is 5.41. The number of carbonyl (C=O) groups is 1. The highest BCUT2D eigenvalue weighted by Crippen LogP contribution is 2.30. The van der Waals surface area contributed by atoms with Gasteiger partial charge in [-0.2, -0.15) is 0 Å². The summed E-state index contributed by atoms with van der Waals surface area (Å²) in [7, 11) is 0. The van der Waals surface area contributed by atoms with Gasteiger partial charge in [0.15, 0.2) is 0 Å². The van der Waals surface area contributed by atoms with Gasteiger partial charge in [0.25, 0.3) is 5.91 Å². The summed E-state index contributed by atoms with van der Waals surface area (Å²) in [6, 6.07) is 1.97. The average Bonchev–Trinajstić information content (AvgIpc) is 2.62. The van der Waals surface area contributed by atoms with Gasteiger partial charge in [-0.1, -0.05) is 22.9 Å². The van der Waals surface area contributed by atoms with Crippen LogP contribution in [0, 0.1) is 12.8 Å². The number of thiophene rings is 1. The number of nitrogens with zero attached hydrogens (tertiary/aromatic N) is 1. The van der Waals surface area contributed by atoms with Crippen LogP contribution in [-0.4, -0.2) is 28.7 Å². The summed E-state index contributed by atoms with van der Waals surface area (Å²) in [6.45, 7) is 5.91. The van der Waals surface area contributed by atoms with Crippen molar-refractivity contribution in [2.75, 3.05) is 13.1 Å². The molecule has 1 aromatic heterocycles. The zero-order valence-corrected chi connectivity index (χ0v) is 13.9. The predicted octanol–water partition coefficient (Wildman–Crippen LogP) is 4.06. The normalized spacial score (nSPS) is 25.1. The van der Waals surface area contributed by atoms with Crippen LogP contribution >= 0.6 is 43.2 Å². The average molecular weight is 381 g/mol. The molecule has 2 heterocycles. The van der Waals surface area contributed by atoms with E-state index in [1.807, 2.05) is 17.9 Å². The minimum Gasteiger partial charge on any atom is -0.338 e. The topological polar surface area (TPSA) is 20.3 Å². The van der Waals surface area contributed by atoms with Crippen LogP contribution in [0.1, 0.15) is 28.6 Å². The molecule has 0 spiro atoms. The first-order valence-electron chi connectivity index (χ1n) is 5.68. The van der Waals surface area contributed by atoms with Gasteiger partial charge in [-0.15, -0.1) is 11.3 Å². The standard InChI is InChI=1S/C12H15Br2NOS/c1-7-5-10(17-11(7)14)12(16)15-4-3-9(13)8(2)6-15/h5,8-9H,3-4,6H2,1-2H3. The van der Waals surface area contributed by atoms with Crippen LogP contribution < -0.4 is 0 Å². The molecule has 0 saturated carbocycles. The fourth-order valence-corrected chi connectivity index (χ4v) is 3.90. The van der Waals surface area contributed by atoms with E-state index >= 15 is 0 Å². The van der Waals surface area contributed by atoms with Crippen molar-refractivity contribution in [1.82, 2.24) is 4.90 Å². The Bertz CT molecular complexity index is 413. The molecule has 17 heavy (non-hydrogen) atoms. The molecule has 1 aliphatic heterocycles. The van der Waals surface area contributed by atoms with Gasteiger partial charge in [0.2, 0.25) is 0 Å². The molecule has 2 unspecified atom stereocenters. The lowest BCUT2D eigenvalue weighted by molar-refractivity contribution is 0.0695. The van der Waals surface area contributed by atoms with Gasteiger partial charge >= 0.3 is 0 Å². The smallest absolute Gasteiger partial charge is 0.263 e. The highest BCUT2D eigenvalue weighted by molar-refractivity contribution is 9.11. The van der Waals surface area contributed by atoms with E-state index in [9.17, 15) is 4.79 Å². The third-order valence-electron chi connectivity index (χ3n) is 3.16. The van der Waals surface area contributed by atoms with E-state index in [0.29, 0.717) is 10.7 Å². The molecule has 1 aromatic rings. The molecule has 0 N–H and O–H groups in total. The van der Waals surface area contributed by atoms with Gasteiger partial charge in [0.1, 0.15) is 0 Å². The summed E-state index contributed by atoms with van der Waals surface area (Å²) in [5.74, 6) is 0.701. The van der Waals surface area contributed by atoms with Crippen molar-refractivity contribution in [1.29, 1.82) is 0 Å². The fourth-order valence-electron chi connectivity index (χ4n) is 2.02. The molecule has 0 aromatic carbocycles. The Hall–Kier alpha value is 0.130. The van der Waals surface area contributed by atoms with Gasteiger partial charge < -0.3 is 4.90 Å². The molecule has 2 nitrogen and oxygen atoms in total. The molecule has 2 rings (SSSR count). The number of aryl methyl sites for hydroxylation is 1. The van der Waals surface area contributed by atoms with Crippen molar-refractivity contribution in [3.8, 4) is 0 Å². The van der Waals surface area contributed by atoms with Crippen molar-refractivity contribution in [3.05, 3.63) is 20.3 Å². The van der Waals surface area contributed by atoms with Crippen LogP contribution in [-0.2, 0) is 0 Å². The zero-order chi connectivity index (χ0) is 12.6. The molecular formula is C12H15Br2NOS. The summed E-state index contributed by atoms with van der Waals surface area (Å²) in [4.78, 5) is 15.7. The first-order valence-corrected chi connectivity index (χ1v) is 8.21. The lowest BCUT2D eigenvalue weighted by atomic mass is 10.00. The Morgan fingerprint density at radius 3 is 2.82 bits per heavy atom. The van der Waals surface area contributed by atoms with Crippen molar-refractivity contribution < 1.29 is 4.79 Å². The number of alkyl halides is 1. The number of likely N-dealkylation sites (tertiary alicyclic amines) is 1. The molecule has 5 heteroatoms. The lowest BCUT2D eigenvalue weighted by Gasteiger charge is -2.34. The minimum absolute atomic E-state index is 0.176. The molecule has 1 fully saturated rings. The van der Waals surface area contributed by atoms with Crippen LogP contribution in [0.3, 0.4) is 0 Å². The molecular weight excluding hydrogens is 366 g/mol. The Labute approximate surface area is 123 Å². The van der Waals surface area contributed by atoms with Gasteiger partial charge in [-0.3, -0.25) is 4.79 Å². The van der Waals surface area contributed by atoms with Gasteiger partial charge in [-0.25, -0.2) is 0 Å². The van der Waals surface area contributed by atoms with Crippen molar-refractivity contribution >= 4 is 49.1 Å². The first-order chi connectivity index (χ1) is 7.99.